The summed E-state index contributed by atoms with van der Waals surface area (Å²) in [4.78, 5) is 5.14. The maximum atomic E-state index is 9.61. The Morgan fingerprint density at radius 3 is 2.68 bits per heavy atom. The van der Waals surface area contributed by atoms with Crippen LogP contribution in [0.4, 0.5) is 0 Å². The summed E-state index contributed by atoms with van der Waals surface area (Å²) < 4.78 is 13.3. The van der Waals surface area contributed by atoms with Gasteiger partial charge in [0.2, 0.25) is 0 Å². The predicted octanol–water partition coefficient (Wildman–Crippen LogP) is 7.19. The topological polar surface area (TPSA) is 55.1 Å². The highest BCUT2D eigenvalue weighted by Crippen LogP contribution is 2.35. The highest BCUT2D eigenvalue weighted by atomic mass is 35.5. The molecular formula is C24H17ClN2O2S2. The van der Waals surface area contributed by atoms with Crippen molar-refractivity contribution in [2.24, 2.45) is 0 Å². The van der Waals surface area contributed by atoms with Crippen molar-refractivity contribution in [1.29, 1.82) is 5.26 Å². The molecule has 0 saturated heterocycles. The van der Waals surface area contributed by atoms with Crippen LogP contribution in [0.5, 0.6) is 11.5 Å². The molecule has 4 nitrogen and oxygen atoms in total. The standard InChI is InChI=1S/C24H17ClN2O2S2/c1-28-22-13-17(8-11-21(22)29-15-16-6-9-18(25)10-7-16)12-19(14-26)30-24-27-20-4-2-3-5-23(20)31-24/h2-13H,15H2,1H3. The lowest BCUT2D eigenvalue weighted by Crippen LogP contribution is -1.97. The molecule has 0 amide bonds. The molecule has 3 aromatic carbocycles. The van der Waals surface area contributed by atoms with Gasteiger partial charge in [0, 0.05) is 5.02 Å². The third-order valence-corrected chi connectivity index (χ3v) is 6.65. The second-order valence-electron chi connectivity index (χ2n) is 6.50. The first-order valence-corrected chi connectivity index (χ1v) is 11.4. The number of ether oxygens (including phenoxy) is 2. The van der Waals surface area contributed by atoms with E-state index in [0.29, 0.717) is 28.0 Å². The summed E-state index contributed by atoms with van der Waals surface area (Å²) >= 11 is 8.86. The number of thioether (sulfide) groups is 1. The van der Waals surface area contributed by atoms with Crippen LogP contribution >= 0.6 is 34.7 Å². The van der Waals surface area contributed by atoms with E-state index in [1.54, 1.807) is 18.4 Å². The van der Waals surface area contributed by atoms with Crippen molar-refractivity contribution in [3.05, 3.63) is 87.8 Å². The molecule has 0 radical (unpaired) electrons. The van der Waals surface area contributed by atoms with Crippen LogP contribution in [0, 0.1) is 11.3 Å². The van der Waals surface area contributed by atoms with Gasteiger partial charge in [-0.2, -0.15) is 5.26 Å². The fourth-order valence-corrected chi connectivity index (χ4v) is 4.96. The number of hydrogen-bond acceptors (Lipinski definition) is 6. The molecule has 4 aromatic rings. The molecule has 0 N–H and O–H groups in total. The predicted molar refractivity (Wildman–Crippen MR) is 128 cm³/mol. The number of hydrogen-bond donors (Lipinski definition) is 0. The number of allylic oxidation sites excluding steroid dienone is 1. The summed E-state index contributed by atoms with van der Waals surface area (Å²) in [5, 5.41) is 10.3. The smallest absolute Gasteiger partial charge is 0.161 e. The van der Waals surface area contributed by atoms with Crippen molar-refractivity contribution in [2.45, 2.75) is 10.9 Å². The van der Waals surface area contributed by atoms with Crippen LogP contribution in [0.15, 0.2) is 76.0 Å². The van der Waals surface area contributed by atoms with Gasteiger partial charge in [0.15, 0.2) is 15.8 Å². The van der Waals surface area contributed by atoms with Gasteiger partial charge >= 0.3 is 0 Å². The van der Waals surface area contributed by atoms with E-state index in [0.717, 1.165) is 25.7 Å². The van der Waals surface area contributed by atoms with Crippen LogP contribution in [0.3, 0.4) is 0 Å². The number of thiazole rings is 1. The summed E-state index contributed by atoms with van der Waals surface area (Å²) in [5.41, 5.74) is 2.80. The molecule has 1 heterocycles. The second kappa shape index (κ2) is 9.88. The average Bonchev–Trinajstić information content (AvgIpc) is 3.21. The summed E-state index contributed by atoms with van der Waals surface area (Å²) in [5.74, 6) is 1.23. The fourth-order valence-electron chi connectivity index (χ4n) is 2.86. The molecule has 0 spiro atoms. The molecule has 0 fully saturated rings. The van der Waals surface area contributed by atoms with Crippen molar-refractivity contribution in [3.8, 4) is 17.6 Å². The van der Waals surface area contributed by atoms with Crippen LogP contribution in [0.2, 0.25) is 5.02 Å². The Morgan fingerprint density at radius 1 is 1.13 bits per heavy atom. The monoisotopic (exact) mass is 464 g/mol. The van der Waals surface area contributed by atoms with Gasteiger partial charge in [-0.05, 0) is 65.4 Å². The Labute approximate surface area is 193 Å². The number of halogens is 1. The third-order valence-electron chi connectivity index (χ3n) is 4.37. The minimum Gasteiger partial charge on any atom is -0.493 e. The van der Waals surface area contributed by atoms with Gasteiger partial charge in [-0.1, -0.05) is 41.9 Å². The molecule has 31 heavy (non-hydrogen) atoms. The number of benzene rings is 3. The molecule has 0 aliphatic rings. The van der Waals surface area contributed by atoms with Crippen LogP contribution in [0.1, 0.15) is 11.1 Å². The van der Waals surface area contributed by atoms with E-state index in [2.05, 4.69) is 11.1 Å². The van der Waals surface area contributed by atoms with E-state index in [1.807, 2.05) is 72.8 Å². The van der Waals surface area contributed by atoms with Crippen LogP contribution in [-0.2, 0) is 6.61 Å². The van der Waals surface area contributed by atoms with Gasteiger partial charge < -0.3 is 9.47 Å². The third kappa shape index (κ3) is 5.39. The van der Waals surface area contributed by atoms with Gasteiger partial charge in [-0.25, -0.2) is 4.98 Å². The van der Waals surface area contributed by atoms with E-state index in [-0.39, 0.29) is 0 Å². The van der Waals surface area contributed by atoms with E-state index >= 15 is 0 Å². The Bertz CT molecular complexity index is 1240. The Kier molecular flexibility index (Phi) is 6.78. The molecule has 0 aliphatic heterocycles. The first kappa shape index (κ1) is 21.3. The van der Waals surface area contributed by atoms with Crippen molar-refractivity contribution < 1.29 is 9.47 Å². The molecule has 4 rings (SSSR count). The Hall–Kier alpha value is -2.98. The molecule has 154 valence electrons. The van der Waals surface area contributed by atoms with Crippen LogP contribution in [-0.4, -0.2) is 12.1 Å². The SMILES string of the molecule is COc1cc(C=C(C#N)Sc2nc3ccccc3s2)ccc1OCc1ccc(Cl)cc1. The number of nitriles is 1. The van der Waals surface area contributed by atoms with Crippen LogP contribution < -0.4 is 9.47 Å². The molecule has 0 aliphatic carbocycles. The zero-order valence-electron chi connectivity index (χ0n) is 16.5. The fraction of sp³-hybridized carbons (Fsp3) is 0.0833. The van der Waals surface area contributed by atoms with Gasteiger partial charge in [0.25, 0.3) is 0 Å². The zero-order chi connectivity index (χ0) is 21.6. The first-order valence-electron chi connectivity index (χ1n) is 9.35. The Morgan fingerprint density at radius 2 is 1.94 bits per heavy atom. The molecule has 1 aromatic heterocycles. The minimum atomic E-state index is 0.402. The number of nitrogens with zero attached hydrogens (tertiary/aromatic N) is 2. The van der Waals surface area contributed by atoms with Gasteiger partial charge in [-0.3, -0.25) is 0 Å². The van der Waals surface area contributed by atoms with Crippen molar-refractivity contribution in [3.63, 3.8) is 0 Å². The molecule has 0 atom stereocenters. The molecule has 7 heteroatoms. The number of aromatic nitrogens is 1. The van der Waals surface area contributed by atoms with E-state index in [4.69, 9.17) is 21.1 Å². The highest BCUT2D eigenvalue weighted by Gasteiger charge is 2.09. The molecule has 0 bridgehead atoms. The van der Waals surface area contributed by atoms with Gasteiger partial charge in [0.1, 0.15) is 12.7 Å². The summed E-state index contributed by atoms with van der Waals surface area (Å²) in [6.45, 7) is 0.402. The van der Waals surface area contributed by atoms with Crippen LogP contribution in [0.25, 0.3) is 16.3 Å². The maximum Gasteiger partial charge on any atom is 0.161 e. The van der Waals surface area contributed by atoms with E-state index in [1.165, 1.54) is 11.8 Å². The number of rotatable bonds is 7. The largest absolute Gasteiger partial charge is 0.493 e. The Balaban J connectivity index is 1.50. The molecule has 0 saturated carbocycles. The van der Waals surface area contributed by atoms with Crippen molar-refractivity contribution in [2.75, 3.05) is 7.11 Å². The second-order valence-corrected chi connectivity index (χ2v) is 9.25. The van der Waals surface area contributed by atoms with Crippen molar-refractivity contribution in [1.82, 2.24) is 4.98 Å². The number of fused-ring (bicyclic) bond motifs is 1. The first-order chi connectivity index (χ1) is 15.1. The normalized spacial score (nSPS) is 11.3. The minimum absolute atomic E-state index is 0.402. The van der Waals surface area contributed by atoms with Gasteiger partial charge in [0.05, 0.1) is 22.2 Å². The summed E-state index contributed by atoms with van der Waals surface area (Å²) in [7, 11) is 1.60. The zero-order valence-corrected chi connectivity index (χ0v) is 18.9. The number of para-hydroxylation sites is 1. The van der Waals surface area contributed by atoms with Crippen molar-refractivity contribution >= 4 is 51.0 Å². The average molecular weight is 465 g/mol. The number of methoxy groups -OCH3 is 1. The molecular weight excluding hydrogens is 448 g/mol. The lowest BCUT2D eigenvalue weighted by atomic mass is 10.2. The highest BCUT2D eigenvalue weighted by molar-refractivity contribution is 8.05. The van der Waals surface area contributed by atoms with E-state index < -0.39 is 0 Å². The lowest BCUT2D eigenvalue weighted by molar-refractivity contribution is 0.284. The van der Waals surface area contributed by atoms with Gasteiger partial charge in [-0.15, -0.1) is 11.3 Å². The lowest BCUT2D eigenvalue weighted by Gasteiger charge is -2.11. The molecule has 0 unspecified atom stereocenters. The quantitative estimate of drug-likeness (QED) is 0.214. The van der Waals surface area contributed by atoms with E-state index in [9.17, 15) is 5.26 Å². The summed E-state index contributed by atoms with van der Waals surface area (Å²) in [6, 6.07) is 23.3. The summed E-state index contributed by atoms with van der Waals surface area (Å²) in [6.07, 6.45) is 1.82. The maximum absolute atomic E-state index is 9.61.